The van der Waals surface area contributed by atoms with Gasteiger partial charge < -0.3 is 10.4 Å². The number of halogens is 5. The Labute approximate surface area is 138 Å². The number of carboxylic acids is 1. The van der Waals surface area contributed by atoms with Crippen LogP contribution in [0.15, 0.2) is 24.4 Å². The molecule has 0 bridgehead atoms. The van der Waals surface area contributed by atoms with Crippen molar-refractivity contribution in [2.45, 2.75) is 18.6 Å². The molecule has 0 amide bonds. The number of nitrogens with zero attached hydrogens (tertiary/aromatic N) is 3. The van der Waals surface area contributed by atoms with E-state index in [0.29, 0.717) is 5.92 Å². The van der Waals surface area contributed by atoms with E-state index in [1.54, 1.807) is 6.20 Å². The summed E-state index contributed by atoms with van der Waals surface area (Å²) < 4.78 is 60.1. The van der Waals surface area contributed by atoms with E-state index in [9.17, 15) is 22.0 Å². The second kappa shape index (κ2) is 7.55. The molecule has 0 spiro atoms. The predicted octanol–water partition coefficient (Wildman–Crippen LogP) is 1.92. The van der Waals surface area contributed by atoms with Crippen molar-refractivity contribution in [3.63, 3.8) is 0 Å². The average molecular weight is 364 g/mol. The molecule has 136 valence electrons. The van der Waals surface area contributed by atoms with Gasteiger partial charge in [-0.1, -0.05) is 11.3 Å². The number of aliphatic carboxylic acids is 1. The Morgan fingerprint density at radius 2 is 1.84 bits per heavy atom. The monoisotopic (exact) mass is 364 g/mol. The molecule has 2 heterocycles. The normalized spacial score (nSPS) is 14.4. The van der Waals surface area contributed by atoms with Gasteiger partial charge in [0.25, 0.3) is 0 Å². The molecule has 1 aliphatic heterocycles. The van der Waals surface area contributed by atoms with Crippen molar-refractivity contribution in [1.82, 2.24) is 20.3 Å². The lowest BCUT2D eigenvalue weighted by molar-refractivity contribution is -0.192. The lowest BCUT2D eigenvalue weighted by Crippen LogP contribution is -2.40. The summed E-state index contributed by atoms with van der Waals surface area (Å²) in [6.07, 6.45) is -3.34. The molecular weight excluding hydrogens is 351 g/mol. The van der Waals surface area contributed by atoms with Crippen molar-refractivity contribution in [3.8, 4) is 0 Å². The first-order valence-electron chi connectivity index (χ1n) is 7.02. The van der Waals surface area contributed by atoms with Crippen LogP contribution in [-0.2, 0) is 11.3 Å². The average Bonchev–Trinajstić information content (AvgIpc) is 2.89. The van der Waals surface area contributed by atoms with Gasteiger partial charge in [-0.3, -0.25) is 0 Å². The molecule has 2 aromatic rings. The van der Waals surface area contributed by atoms with E-state index in [1.165, 1.54) is 22.9 Å². The molecule has 11 heteroatoms. The molecule has 1 aromatic heterocycles. The second-order valence-corrected chi connectivity index (χ2v) is 5.20. The number of alkyl halides is 3. The van der Waals surface area contributed by atoms with E-state index < -0.39 is 23.8 Å². The Hall–Kier alpha value is -2.56. The van der Waals surface area contributed by atoms with Crippen LogP contribution in [0.1, 0.15) is 17.2 Å². The third-order valence-corrected chi connectivity index (χ3v) is 3.38. The number of nitrogens with one attached hydrogen (secondary N) is 1. The molecule has 0 saturated carbocycles. The fourth-order valence-corrected chi connectivity index (χ4v) is 1.92. The first-order valence-corrected chi connectivity index (χ1v) is 7.02. The number of rotatable bonds is 3. The van der Waals surface area contributed by atoms with Crippen molar-refractivity contribution < 1.29 is 31.9 Å². The van der Waals surface area contributed by atoms with Crippen molar-refractivity contribution in [2.75, 3.05) is 13.1 Å². The highest BCUT2D eigenvalue weighted by molar-refractivity contribution is 5.73. The van der Waals surface area contributed by atoms with E-state index in [-0.39, 0.29) is 12.1 Å². The number of carboxylic acid groups (broad SMARTS) is 1. The summed E-state index contributed by atoms with van der Waals surface area (Å²) in [4.78, 5) is 8.90. The highest BCUT2D eigenvalue weighted by Crippen LogP contribution is 2.18. The lowest BCUT2D eigenvalue weighted by Gasteiger charge is -2.24. The SMILES string of the molecule is Fc1cccc(F)c1Cn1cc(C2CNC2)nn1.O=C(O)C(F)(F)F. The van der Waals surface area contributed by atoms with Crippen LogP contribution in [0.5, 0.6) is 0 Å². The van der Waals surface area contributed by atoms with Crippen molar-refractivity contribution in [2.24, 2.45) is 0 Å². The summed E-state index contributed by atoms with van der Waals surface area (Å²) in [5.74, 6) is -3.51. The maximum atomic E-state index is 13.5. The Bertz CT molecular complexity index is 723. The molecule has 1 fully saturated rings. The lowest BCUT2D eigenvalue weighted by atomic mass is 10.0. The number of benzene rings is 1. The van der Waals surface area contributed by atoms with Crippen LogP contribution >= 0.6 is 0 Å². The van der Waals surface area contributed by atoms with Gasteiger partial charge in [0.15, 0.2) is 0 Å². The molecule has 3 rings (SSSR count). The van der Waals surface area contributed by atoms with Gasteiger partial charge in [0.05, 0.1) is 12.2 Å². The van der Waals surface area contributed by atoms with Gasteiger partial charge in [0, 0.05) is 30.8 Å². The van der Waals surface area contributed by atoms with E-state index in [0.717, 1.165) is 18.8 Å². The van der Waals surface area contributed by atoms with Gasteiger partial charge in [0.1, 0.15) is 11.6 Å². The van der Waals surface area contributed by atoms with Gasteiger partial charge in [-0.05, 0) is 12.1 Å². The summed E-state index contributed by atoms with van der Waals surface area (Å²) in [6.45, 7) is 1.82. The molecule has 0 atom stereocenters. The van der Waals surface area contributed by atoms with Gasteiger partial charge in [-0.15, -0.1) is 5.10 Å². The molecule has 25 heavy (non-hydrogen) atoms. The van der Waals surface area contributed by atoms with Crippen molar-refractivity contribution >= 4 is 5.97 Å². The number of hydrogen-bond acceptors (Lipinski definition) is 4. The third kappa shape index (κ3) is 4.95. The molecular formula is C14H13F5N4O2. The highest BCUT2D eigenvalue weighted by atomic mass is 19.4. The van der Waals surface area contributed by atoms with Gasteiger partial charge >= 0.3 is 12.1 Å². The van der Waals surface area contributed by atoms with Gasteiger partial charge in [-0.25, -0.2) is 18.3 Å². The van der Waals surface area contributed by atoms with Gasteiger partial charge in [0.2, 0.25) is 0 Å². The standard InChI is InChI=1S/C12H12F2N4.C2HF3O2/c13-10-2-1-3-11(14)9(10)6-18-7-12(16-17-18)8-4-15-5-8;3-2(4,5)1(6)7/h1-3,7-8,15H,4-6H2;(H,6,7). The summed E-state index contributed by atoms with van der Waals surface area (Å²) >= 11 is 0. The van der Waals surface area contributed by atoms with Gasteiger partial charge in [-0.2, -0.15) is 13.2 Å². The van der Waals surface area contributed by atoms with Crippen LogP contribution in [-0.4, -0.2) is 45.3 Å². The molecule has 1 aliphatic rings. The van der Waals surface area contributed by atoms with Crippen LogP contribution in [0.4, 0.5) is 22.0 Å². The smallest absolute Gasteiger partial charge is 0.475 e. The largest absolute Gasteiger partial charge is 0.490 e. The van der Waals surface area contributed by atoms with Crippen LogP contribution in [0.3, 0.4) is 0 Å². The second-order valence-electron chi connectivity index (χ2n) is 5.20. The van der Waals surface area contributed by atoms with E-state index in [2.05, 4.69) is 15.6 Å². The molecule has 1 saturated heterocycles. The highest BCUT2D eigenvalue weighted by Gasteiger charge is 2.38. The minimum absolute atomic E-state index is 0.0145. The minimum atomic E-state index is -5.08. The summed E-state index contributed by atoms with van der Waals surface area (Å²) in [5.41, 5.74) is 0.881. The Morgan fingerprint density at radius 3 is 2.28 bits per heavy atom. The maximum Gasteiger partial charge on any atom is 0.490 e. The van der Waals surface area contributed by atoms with Crippen LogP contribution < -0.4 is 5.32 Å². The first kappa shape index (κ1) is 18.8. The first-order chi connectivity index (χ1) is 11.7. The topological polar surface area (TPSA) is 80.0 Å². The third-order valence-electron chi connectivity index (χ3n) is 3.38. The zero-order chi connectivity index (χ0) is 18.6. The van der Waals surface area contributed by atoms with E-state index >= 15 is 0 Å². The molecule has 1 aromatic carbocycles. The maximum absolute atomic E-state index is 13.5. The van der Waals surface area contributed by atoms with Crippen LogP contribution in [0.25, 0.3) is 0 Å². The molecule has 0 aliphatic carbocycles. The Balaban J connectivity index is 0.000000277. The zero-order valence-electron chi connectivity index (χ0n) is 12.6. The summed E-state index contributed by atoms with van der Waals surface area (Å²) in [7, 11) is 0. The molecule has 2 N–H and O–H groups in total. The van der Waals surface area contributed by atoms with Crippen LogP contribution in [0.2, 0.25) is 0 Å². The Kier molecular flexibility index (Phi) is 5.67. The molecule has 6 nitrogen and oxygen atoms in total. The molecule has 0 unspecified atom stereocenters. The summed E-state index contributed by atoms with van der Waals surface area (Å²) in [6, 6.07) is 3.83. The van der Waals surface area contributed by atoms with E-state index in [4.69, 9.17) is 9.90 Å². The fourth-order valence-electron chi connectivity index (χ4n) is 1.92. The van der Waals surface area contributed by atoms with Crippen molar-refractivity contribution in [1.29, 1.82) is 0 Å². The number of hydrogen-bond donors (Lipinski definition) is 2. The predicted molar refractivity (Wildman–Crippen MR) is 74.8 cm³/mol. The molecule has 0 radical (unpaired) electrons. The minimum Gasteiger partial charge on any atom is -0.475 e. The van der Waals surface area contributed by atoms with Crippen molar-refractivity contribution in [3.05, 3.63) is 47.3 Å². The zero-order valence-corrected chi connectivity index (χ0v) is 12.6. The number of aromatic nitrogens is 3. The van der Waals surface area contributed by atoms with E-state index in [1.807, 2.05) is 0 Å². The quantitative estimate of drug-likeness (QED) is 0.814. The summed E-state index contributed by atoms with van der Waals surface area (Å²) in [5, 5.41) is 18.2. The number of carbonyl (C=O) groups is 1. The Morgan fingerprint density at radius 1 is 1.28 bits per heavy atom. The fraction of sp³-hybridized carbons (Fsp3) is 0.357. The van der Waals surface area contributed by atoms with Crippen LogP contribution in [0, 0.1) is 11.6 Å².